The van der Waals surface area contributed by atoms with E-state index in [1.807, 2.05) is 30.3 Å². The number of fused-ring (bicyclic) bond motifs is 2. The fourth-order valence-corrected chi connectivity index (χ4v) is 4.88. The second-order valence-corrected chi connectivity index (χ2v) is 8.77. The highest BCUT2D eigenvalue weighted by molar-refractivity contribution is 5.89. The Morgan fingerprint density at radius 2 is 1.69 bits per heavy atom. The molecule has 2 aliphatic rings. The molecule has 0 saturated heterocycles. The molecule has 0 unspecified atom stereocenters. The van der Waals surface area contributed by atoms with E-state index < -0.39 is 5.92 Å². The third-order valence-corrected chi connectivity index (χ3v) is 6.62. The van der Waals surface area contributed by atoms with Gasteiger partial charge in [-0.1, -0.05) is 55.7 Å². The van der Waals surface area contributed by atoms with E-state index in [1.54, 1.807) is 0 Å². The summed E-state index contributed by atoms with van der Waals surface area (Å²) < 4.78 is 0. The van der Waals surface area contributed by atoms with Crippen LogP contribution in [0.1, 0.15) is 54.8 Å². The standard InChI is InChI=1S/C26H27N5O/c27-16-21(26(32)28-20-10-2-1-3-11-20)24-25(30-23-13-7-6-12-22(23)29-24)31-15-14-18-8-4-5-9-19(18)17-31/h4-9,12-13,20-21H,1-3,10-11,14-15,17H2,(H,28,32)/t21-/m1/s1. The van der Waals surface area contributed by atoms with Crippen LogP contribution in [0, 0.1) is 11.3 Å². The molecule has 3 aromatic rings. The Bertz CT molecular complexity index is 1180. The van der Waals surface area contributed by atoms with E-state index in [0.29, 0.717) is 23.6 Å². The molecule has 0 bridgehead atoms. The van der Waals surface area contributed by atoms with E-state index in [9.17, 15) is 10.1 Å². The minimum absolute atomic E-state index is 0.144. The number of amides is 1. The summed E-state index contributed by atoms with van der Waals surface area (Å²) in [5.74, 6) is -0.604. The van der Waals surface area contributed by atoms with Crippen molar-refractivity contribution in [1.82, 2.24) is 15.3 Å². The van der Waals surface area contributed by atoms with Crippen LogP contribution in [0.2, 0.25) is 0 Å². The van der Waals surface area contributed by atoms with Crippen molar-refractivity contribution >= 4 is 22.8 Å². The zero-order chi connectivity index (χ0) is 21.9. The van der Waals surface area contributed by atoms with Crippen LogP contribution in [0.3, 0.4) is 0 Å². The van der Waals surface area contributed by atoms with Crippen molar-refractivity contribution in [3.05, 3.63) is 65.4 Å². The molecule has 1 amide bonds. The van der Waals surface area contributed by atoms with Crippen LogP contribution < -0.4 is 10.2 Å². The van der Waals surface area contributed by atoms with E-state index in [-0.39, 0.29) is 11.9 Å². The molecule has 1 atom stereocenters. The van der Waals surface area contributed by atoms with Gasteiger partial charge < -0.3 is 10.2 Å². The SMILES string of the molecule is N#C[C@@H](C(=O)NC1CCCCC1)c1nc2ccccc2nc1N1CCc2ccccc2C1. The Hall–Kier alpha value is -3.46. The van der Waals surface area contributed by atoms with Gasteiger partial charge in [-0.05, 0) is 42.5 Å². The molecule has 0 spiro atoms. The van der Waals surface area contributed by atoms with Gasteiger partial charge in [-0.2, -0.15) is 5.26 Å². The molecule has 32 heavy (non-hydrogen) atoms. The van der Waals surface area contributed by atoms with Gasteiger partial charge in [0.25, 0.3) is 0 Å². The lowest BCUT2D eigenvalue weighted by molar-refractivity contribution is -0.122. The number of hydrogen-bond donors (Lipinski definition) is 1. The first kappa shape index (κ1) is 20.4. The average Bonchev–Trinajstić information content (AvgIpc) is 2.84. The van der Waals surface area contributed by atoms with Gasteiger partial charge >= 0.3 is 0 Å². The number of nitrogens with zero attached hydrogens (tertiary/aromatic N) is 4. The number of nitrogens with one attached hydrogen (secondary N) is 1. The highest BCUT2D eigenvalue weighted by atomic mass is 16.2. The Labute approximate surface area is 188 Å². The van der Waals surface area contributed by atoms with Crippen LogP contribution in [0.4, 0.5) is 5.82 Å². The van der Waals surface area contributed by atoms with Crippen LogP contribution in [0.15, 0.2) is 48.5 Å². The summed E-state index contributed by atoms with van der Waals surface area (Å²) in [6.07, 6.45) is 6.30. The lowest BCUT2D eigenvalue weighted by Gasteiger charge is -2.31. The predicted octanol–water partition coefficient (Wildman–Crippen LogP) is 4.25. The number of carbonyl (C=O) groups is 1. The van der Waals surface area contributed by atoms with Crippen LogP contribution in [0.25, 0.3) is 11.0 Å². The Balaban J connectivity index is 1.52. The van der Waals surface area contributed by atoms with Gasteiger partial charge in [0.05, 0.1) is 17.1 Å². The number of rotatable bonds is 4. The monoisotopic (exact) mass is 425 g/mol. The number of aromatic nitrogens is 2. The minimum atomic E-state index is -0.985. The van der Waals surface area contributed by atoms with Gasteiger partial charge in [0.2, 0.25) is 5.91 Å². The first-order valence-electron chi connectivity index (χ1n) is 11.5. The number of benzene rings is 2. The summed E-state index contributed by atoms with van der Waals surface area (Å²) in [7, 11) is 0. The number of nitriles is 1. The van der Waals surface area contributed by atoms with Gasteiger partial charge in [0.15, 0.2) is 11.7 Å². The van der Waals surface area contributed by atoms with Gasteiger partial charge in [-0.15, -0.1) is 0 Å². The van der Waals surface area contributed by atoms with Crippen LogP contribution in [-0.4, -0.2) is 28.5 Å². The summed E-state index contributed by atoms with van der Waals surface area (Å²) >= 11 is 0. The summed E-state index contributed by atoms with van der Waals surface area (Å²) in [6, 6.07) is 18.4. The van der Waals surface area contributed by atoms with Crippen LogP contribution >= 0.6 is 0 Å². The maximum Gasteiger partial charge on any atom is 0.243 e. The van der Waals surface area contributed by atoms with Crippen molar-refractivity contribution in [2.75, 3.05) is 11.4 Å². The molecule has 162 valence electrons. The van der Waals surface area contributed by atoms with Crippen molar-refractivity contribution in [2.24, 2.45) is 0 Å². The second kappa shape index (κ2) is 8.96. The highest BCUT2D eigenvalue weighted by Gasteiger charge is 2.31. The second-order valence-electron chi connectivity index (χ2n) is 8.77. The minimum Gasteiger partial charge on any atom is -0.352 e. The summed E-state index contributed by atoms with van der Waals surface area (Å²) in [6.45, 7) is 1.47. The Morgan fingerprint density at radius 3 is 2.44 bits per heavy atom. The quantitative estimate of drug-likeness (QED) is 0.676. The van der Waals surface area contributed by atoms with Gasteiger partial charge in [0, 0.05) is 19.1 Å². The molecular formula is C26H27N5O. The van der Waals surface area contributed by atoms with E-state index in [4.69, 9.17) is 9.97 Å². The normalized spacial score (nSPS) is 17.4. The van der Waals surface area contributed by atoms with Crippen LogP contribution in [0.5, 0.6) is 0 Å². The van der Waals surface area contributed by atoms with E-state index >= 15 is 0 Å². The van der Waals surface area contributed by atoms with Gasteiger partial charge in [0.1, 0.15) is 5.69 Å². The number of hydrogen-bond acceptors (Lipinski definition) is 5. The summed E-state index contributed by atoms with van der Waals surface area (Å²) in [4.78, 5) is 25.1. The zero-order valence-corrected chi connectivity index (χ0v) is 18.1. The lowest BCUT2D eigenvalue weighted by Crippen LogP contribution is -2.40. The molecule has 6 heteroatoms. The Kier molecular flexibility index (Phi) is 5.72. The molecule has 1 saturated carbocycles. The number of carbonyl (C=O) groups excluding carboxylic acids is 1. The smallest absolute Gasteiger partial charge is 0.243 e. The third kappa shape index (κ3) is 4.03. The molecule has 1 aliphatic heterocycles. The third-order valence-electron chi connectivity index (χ3n) is 6.62. The molecular weight excluding hydrogens is 398 g/mol. The molecule has 1 aromatic heterocycles. The summed E-state index contributed by atoms with van der Waals surface area (Å²) in [5, 5.41) is 13.1. The van der Waals surface area contributed by atoms with E-state index in [1.165, 1.54) is 17.5 Å². The summed E-state index contributed by atoms with van der Waals surface area (Å²) in [5.41, 5.74) is 4.52. The maximum atomic E-state index is 13.2. The molecule has 1 aliphatic carbocycles. The van der Waals surface area contributed by atoms with E-state index in [2.05, 4.69) is 34.5 Å². The maximum absolute atomic E-state index is 13.2. The molecule has 6 nitrogen and oxygen atoms in total. The highest BCUT2D eigenvalue weighted by Crippen LogP contribution is 2.31. The molecule has 0 radical (unpaired) electrons. The number of para-hydroxylation sites is 2. The molecule has 5 rings (SSSR count). The fourth-order valence-electron chi connectivity index (χ4n) is 4.88. The molecule has 1 N–H and O–H groups in total. The first-order chi connectivity index (χ1) is 15.7. The van der Waals surface area contributed by atoms with Gasteiger partial charge in [-0.25, -0.2) is 9.97 Å². The van der Waals surface area contributed by atoms with E-state index in [0.717, 1.165) is 44.2 Å². The van der Waals surface area contributed by atoms with Crippen molar-refractivity contribution in [1.29, 1.82) is 5.26 Å². The zero-order valence-electron chi connectivity index (χ0n) is 18.1. The molecule has 2 aromatic carbocycles. The topological polar surface area (TPSA) is 81.9 Å². The van der Waals surface area contributed by atoms with Crippen molar-refractivity contribution in [3.63, 3.8) is 0 Å². The Morgan fingerprint density at radius 1 is 1.00 bits per heavy atom. The van der Waals surface area contributed by atoms with Gasteiger partial charge in [-0.3, -0.25) is 4.79 Å². The average molecular weight is 426 g/mol. The van der Waals surface area contributed by atoms with Crippen molar-refractivity contribution < 1.29 is 4.79 Å². The molecule has 1 fully saturated rings. The first-order valence-corrected chi connectivity index (χ1v) is 11.5. The van der Waals surface area contributed by atoms with Crippen molar-refractivity contribution in [3.8, 4) is 6.07 Å². The van der Waals surface area contributed by atoms with Crippen LogP contribution in [-0.2, 0) is 17.8 Å². The number of anilines is 1. The predicted molar refractivity (Wildman–Crippen MR) is 124 cm³/mol. The molecule has 2 heterocycles. The lowest BCUT2D eigenvalue weighted by atomic mass is 9.94. The largest absolute Gasteiger partial charge is 0.352 e. The van der Waals surface area contributed by atoms with Crippen molar-refractivity contribution in [2.45, 2.75) is 57.0 Å². The fraction of sp³-hybridized carbons (Fsp3) is 0.385.